The minimum Gasteiger partial charge on any atom is -0.324 e. The van der Waals surface area contributed by atoms with Crippen LogP contribution in [-0.2, 0) is 0 Å². The molecule has 0 saturated heterocycles. The van der Waals surface area contributed by atoms with Gasteiger partial charge < -0.3 is 5.73 Å². The fourth-order valence-corrected chi connectivity index (χ4v) is 1.81. The van der Waals surface area contributed by atoms with Crippen molar-refractivity contribution in [3.63, 3.8) is 0 Å². The summed E-state index contributed by atoms with van der Waals surface area (Å²) in [6, 6.07) is 8.92. The van der Waals surface area contributed by atoms with Crippen LogP contribution in [0, 0.1) is 5.95 Å². The molecule has 17 heavy (non-hydrogen) atoms. The van der Waals surface area contributed by atoms with Crippen molar-refractivity contribution in [3.05, 3.63) is 48.0 Å². The van der Waals surface area contributed by atoms with E-state index in [2.05, 4.69) is 5.10 Å². The molecule has 0 aliphatic rings. The van der Waals surface area contributed by atoms with Gasteiger partial charge in [-0.1, -0.05) is 31.5 Å². The number of benzene rings is 1. The van der Waals surface area contributed by atoms with Crippen LogP contribution >= 0.6 is 0 Å². The minimum absolute atomic E-state index is 0.280. The Labute approximate surface area is 100 Å². The van der Waals surface area contributed by atoms with Gasteiger partial charge in [0.1, 0.15) is 0 Å². The molecule has 1 unspecified atom stereocenters. The molecule has 0 saturated carbocycles. The van der Waals surface area contributed by atoms with Crippen LogP contribution in [-0.4, -0.2) is 9.78 Å². The number of para-hydroxylation sites is 1. The Hall–Kier alpha value is -1.68. The first-order valence-electron chi connectivity index (χ1n) is 5.78. The lowest BCUT2D eigenvalue weighted by Gasteiger charge is -2.08. The zero-order valence-electron chi connectivity index (χ0n) is 9.81. The SMILES string of the molecule is CCCC(N)c1cnn(-c2ccccc2)c1F. The summed E-state index contributed by atoms with van der Waals surface area (Å²) in [7, 11) is 0. The summed E-state index contributed by atoms with van der Waals surface area (Å²) in [6.45, 7) is 2.03. The van der Waals surface area contributed by atoms with Crippen molar-refractivity contribution in [1.29, 1.82) is 0 Å². The molecule has 4 heteroatoms. The lowest BCUT2D eigenvalue weighted by molar-refractivity contribution is 0.506. The van der Waals surface area contributed by atoms with Gasteiger partial charge >= 0.3 is 0 Å². The standard InChI is InChI=1S/C13H16FN3/c1-2-6-12(15)11-9-16-17(13(11)14)10-7-4-3-5-8-10/h3-5,7-9,12H,2,6,15H2,1H3. The van der Waals surface area contributed by atoms with E-state index in [0.29, 0.717) is 11.3 Å². The van der Waals surface area contributed by atoms with Gasteiger partial charge in [-0.3, -0.25) is 0 Å². The summed E-state index contributed by atoms with van der Waals surface area (Å²) in [6.07, 6.45) is 3.21. The van der Waals surface area contributed by atoms with Gasteiger partial charge in [0.2, 0.25) is 5.95 Å². The third-order valence-corrected chi connectivity index (χ3v) is 2.74. The van der Waals surface area contributed by atoms with Crippen LogP contribution in [0.4, 0.5) is 4.39 Å². The smallest absolute Gasteiger partial charge is 0.221 e. The Balaban J connectivity index is 2.33. The second-order valence-electron chi connectivity index (χ2n) is 4.03. The van der Waals surface area contributed by atoms with E-state index >= 15 is 0 Å². The number of rotatable bonds is 4. The average molecular weight is 233 g/mol. The normalized spacial score (nSPS) is 12.6. The van der Waals surface area contributed by atoms with Crippen molar-refractivity contribution < 1.29 is 4.39 Å². The molecular formula is C13H16FN3. The molecule has 1 heterocycles. The van der Waals surface area contributed by atoms with E-state index in [1.807, 2.05) is 37.3 Å². The van der Waals surface area contributed by atoms with Gasteiger partial charge in [0.05, 0.1) is 11.9 Å². The van der Waals surface area contributed by atoms with E-state index in [9.17, 15) is 4.39 Å². The second kappa shape index (κ2) is 5.10. The lowest BCUT2D eigenvalue weighted by atomic mass is 10.1. The summed E-state index contributed by atoms with van der Waals surface area (Å²) in [4.78, 5) is 0. The van der Waals surface area contributed by atoms with Crippen LogP contribution in [0.3, 0.4) is 0 Å². The molecule has 0 aliphatic carbocycles. The van der Waals surface area contributed by atoms with E-state index < -0.39 is 0 Å². The molecule has 0 spiro atoms. The van der Waals surface area contributed by atoms with Crippen molar-refractivity contribution in [2.24, 2.45) is 5.73 Å². The molecule has 2 aromatic rings. The topological polar surface area (TPSA) is 43.8 Å². The number of hydrogen-bond donors (Lipinski definition) is 1. The Morgan fingerprint density at radius 2 is 2.06 bits per heavy atom. The molecule has 1 aromatic heterocycles. The maximum atomic E-state index is 14.1. The highest BCUT2D eigenvalue weighted by atomic mass is 19.1. The highest BCUT2D eigenvalue weighted by Crippen LogP contribution is 2.20. The van der Waals surface area contributed by atoms with Crippen LogP contribution in [0.2, 0.25) is 0 Å². The van der Waals surface area contributed by atoms with Crippen LogP contribution in [0.15, 0.2) is 36.5 Å². The zero-order chi connectivity index (χ0) is 12.3. The molecule has 0 fully saturated rings. The molecule has 0 aliphatic heterocycles. The van der Waals surface area contributed by atoms with Crippen molar-refractivity contribution in [2.75, 3.05) is 0 Å². The first-order valence-corrected chi connectivity index (χ1v) is 5.78. The van der Waals surface area contributed by atoms with E-state index in [0.717, 1.165) is 12.8 Å². The number of aromatic nitrogens is 2. The molecule has 3 nitrogen and oxygen atoms in total. The van der Waals surface area contributed by atoms with Gasteiger partial charge in [-0.2, -0.15) is 9.49 Å². The minimum atomic E-state index is -0.364. The van der Waals surface area contributed by atoms with Gasteiger partial charge in [-0.15, -0.1) is 0 Å². The highest BCUT2D eigenvalue weighted by Gasteiger charge is 2.16. The summed E-state index contributed by atoms with van der Waals surface area (Å²) < 4.78 is 15.4. The molecule has 1 aromatic carbocycles. The number of nitrogens with two attached hydrogens (primary N) is 1. The summed E-state index contributed by atoms with van der Waals surface area (Å²) >= 11 is 0. The molecule has 90 valence electrons. The van der Waals surface area contributed by atoms with Gasteiger partial charge in [-0.05, 0) is 18.6 Å². The molecule has 2 rings (SSSR count). The van der Waals surface area contributed by atoms with Crippen LogP contribution in [0.1, 0.15) is 31.4 Å². The van der Waals surface area contributed by atoms with Gasteiger partial charge in [0.25, 0.3) is 0 Å². The van der Waals surface area contributed by atoms with E-state index in [4.69, 9.17) is 5.73 Å². The van der Waals surface area contributed by atoms with Gasteiger partial charge in [0.15, 0.2) is 0 Å². The molecular weight excluding hydrogens is 217 g/mol. The van der Waals surface area contributed by atoms with Gasteiger partial charge in [0, 0.05) is 11.6 Å². The van der Waals surface area contributed by atoms with E-state index in [1.165, 1.54) is 10.9 Å². The predicted molar refractivity (Wildman–Crippen MR) is 65.4 cm³/mol. The van der Waals surface area contributed by atoms with Crippen molar-refractivity contribution in [1.82, 2.24) is 9.78 Å². The summed E-state index contributed by atoms with van der Waals surface area (Å²) in [5.41, 5.74) is 7.09. The monoisotopic (exact) mass is 233 g/mol. The largest absolute Gasteiger partial charge is 0.324 e. The maximum absolute atomic E-state index is 14.1. The summed E-state index contributed by atoms with van der Waals surface area (Å²) in [5, 5.41) is 4.05. The Morgan fingerprint density at radius 1 is 1.35 bits per heavy atom. The van der Waals surface area contributed by atoms with E-state index in [1.54, 1.807) is 0 Å². The molecule has 0 bridgehead atoms. The summed E-state index contributed by atoms with van der Waals surface area (Å²) in [5.74, 6) is -0.364. The van der Waals surface area contributed by atoms with Crippen LogP contribution in [0.5, 0.6) is 0 Å². The highest BCUT2D eigenvalue weighted by molar-refractivity contribution is 5.32. The van der Waals surface area contributed by atoms with Gasteiger partial charge in [-0.25, -0.2) is 4.68 Å². The molecule has 1 atom stereocenters. The Bertz CT molecular complexity index is 479. The maximum Gasteiger partial charge on any atom is 0.221 e. The van der Waals surface area contributed by atoms with Crippen molar-refractivity contribution >= 4 is 0 Å². The molecule has 0 radical (unpaired) electrons. The fraction of sp³-hybridized carbons (Fsp3) is 0.308. The second-order valence-corrected chi connectivity index (χ2v) is 4.03. The molecule has 2 N–H and O–H groups in total. The third-order valence-electron chi connectivity index (χ3n) is 2.74. The quantitative estimate of drug-likeness (QED) is 0.882. The first-order chi connectivity index (χ1) is 8.24. The number of nitrogens with zero attached hydrogens (tertiary/aromatic N) is 2. The third kappa shape index (κ3) is 2.36. The first kappa shape index (κ1) is 11.8. The van der Waals surface area contributed by atoms with Crippen molar-refractivity contribution in [2.45, 2.75) is 25.8 Å². The molecule has 0 amide bonds. The van der Waals surface area contributed by atoms with E-state index in [-0.39, 0.29) is 12.0 Å². The van der Waals surface area contributed by atoms with Crippen LogP contribution < -0.4 is 5.73 Å². The Kier molecular flexibility index (Phi) is 3.54. The van der Waals surface area contributed by atoms with Crippen LogP contribution in [0.25, 0.3) is 5.69 Å². The number of hydrogen-bond acceptors (Lipinski definition) is 2. The number of halogens is 1. The zero-order valence-corrected chi connectivity index (χ0v) is 9.81. The Morgan fingerprint density at radius 3 is 2.71 bits per heavy atom. The van der Waals surface area contributed by atoms with Crippen molar-refractivity contribution in [3.8, 4) is 5.69 Å². The fourth-order valence-electron chi connectivity index (χ4n) is 1.81. The average Bonchev–Trinajstić information content (AvgIpc) is 2.72. The lowest BCUT2D eigenvalue weighted by Crippen LogP contribution is -2.11. The predicted octanol–water partition coefficient (Wildman–Crippen LogP) is 2.81.